The Kier molecular flexibility index (Phi) is 6.75. The average molecular weight is 512 g/mol. The predicted octanol–water partition coefficient (Wildman–Crippen LogP) is 4.97. The average Bonchev–Trinajstić information content (AvgIpc) is 3.13. The minimum absolute atomic E-state index is 0.0584. The van der Waals surface area contributed by atoms with Crippen molar-refractivity contribution in [2.45, 2.75) is 58.4 Å². The van der Waals surface area contributed by atoms with E-state index < -0.39 is 0 Å². The largest absolute Gasteiger partial charge is 0.456 e. The van der Waals surface area contributed by atoms with Gasteiger partial charge in [0.1, 0.15) is 31.2 Å². The van der Waals surface area contributed by atoms with Gasteiger partial charge in [-0.15, -0.1) is 0 Å². The molecule has 0 radical (unpaired) electrons. The molecule has 0 saturated carbocycles. The number of anilines is 1. The van der Waals surface area contributed by atoms with Crippen LogP contribution in [0.15, 0.2) is 69.5 Å². The van der Waals surface area contributed by atoms with Crippen molar-refractivity contribution in [1.29, 1.82) is 0 Å². The maximum Gasteiger partial charge on any atom is 0.191 e. The van der Waals surface area contributed by atoms with Crippen LogP contribution in [0.3, 0.4) is 0 Å². The number of nitrogens with zero attached hydrogens (tertiary/aromatic N) is 1. The monoisotopic (exact) mass is 511 g/mol. The number of nitrogens with one attached hydrogen (secondary N) is 1. The van der Waals surface area contributed by atoms with Gasteiger partial charge in [-0.05, 0) is 66.7 Å². The summed E-state index contributed by atoms with van der Waals surface area (Å²) in [6.07, 6.45) is 8.77. The number of fused-ring (bicyclic) bond motifs is 3. The van der Waals surface area contributed by atoms with E-state index in [4.69, 9.17) is 9.15 Å². The van der Waals surface area contributed by atoms with E-state index in [0.29, 0.717) is 5.76 Å². The topological polar surface area (TPSA) is 47.1 Å². The second kappa shape index (κ2) is 10.2. The van der Waals surface area contributed by atoms with Gasteiger partial charge in [-0.1, -0.05) is 45.0 Å². The first-order valence-corrected chi connectivity index (χ1v) is 14.3. The van der Waals surface area contributed by atoms with Gasteiger partial charge in [0.2, 0.25) is 0 Å². The molecule has 1 saturated heterocycles. The molecule has 2 aliphatic carbocycles. The van der Waals surface area contributed by atoms with Crippen molar-refractivity contribution in [1.82, 2.24) is 0 Å². The highest BCUT2D eigenvalue weighted by Crippen LogP contribution is 2.48. The van der Waals surface area contributed by atoms with Gasteiger partial charge in [-0.3, -0.25) is 4.79 Å². The zero-order valence-electron chi connectivity index (χ0n) is 22.9. The minimum atomic E-state index is -0.0584. The molecule has 5 heteroatoms. The summed E-state index contributed by atoms with van der Waals surface area (Å²) in [5, 5.41) is 0. The molecule has 0 spiro atoms. The van der Waals surface area contributed by atoms with Crippen LogP contribution >= 0.6 is 0 Å². The van der Waals surface area contributed by atoms with Crippen molar-refractivity contribution in [3.8, 4) is 11.3 Å². The molecule has 38 heavy (non-hydrogen) atoms. The summed E-state index contributed by atoms with van der Waals surface area (Å²) in [6.45, 7) is 12.1. The number of ether oxygens (including phenoxy) is 1. The first-order valence-electron chi connectivity index (χ1n) is 14.3. The number of quaternary nitrogens is 1. The third kappa shape index (κ3) is 4.52. The number of hydrogen-bond donors (Lipinski definition) is 1. The number of aryl methyl sites for hydroxylation is 1. The smallest absolute Gasteiger partial charge is 0.191 e. The normalized spacial score (nSPS) is 21.3. The molecule has 0 aromatic heterocycles. The molecule has 0 bridgehead atoms. The minimum Gasteiger partial charge on any atom is -0.456 e. The molecule has 5 aliphatic rings. The first kappa shape index (κ1) is 25.1. The molecule has 0 amide bonds. The Hall–Kier alpha value is -3.15. The van der Waals surface area contributed by atoms with E-state index in [0.717, 1.165) is 82.0 Å². The molecule has 0 atom stereocenters. The maximum absolute atomic E-state index is 13.0. The number of benzene rings is 2. The molecule has 198 valence electrons. The summed E-state index contributed by atoms with van der Waals surface area (Å²) >= 11 is 0. The highest BCUT2D eigenvalue weighted by molar-refractivity contribution is 5.74. The summed E-state index contributed by atoms with van der Waals surface area (Å²) in [5.74, 6) is 1.64. The molecule has 3 heterocycles. The van der Waals surface area contributed by atoms with Gasteiger partial charge in [0.15, 0.2) is 5.43 Å². The van der Waals surface area contributed by atoms with E-state index in [2.05, 4.69) is 74.2 Å². The molecule has 1 N–H and O–H groups in total. The van der Waals surface area contributed by atoms with Gasteiger partial charge >= 0.3 is 0 Å². The van der Waals surface area contributed by atoms with Gasteiger partial charge in [0.25, 0.3) is 0 Å². The van der Waals surface area contributed by atoms with Crippen molar-refractivity contribution in [3.05, 3.63) is 93.0 Å². The Morgan fingerprint density at radius 1 is 1.05 bits per heavy atom. The quantitative estimate of drug-likeness (QED) is 0.525. The van der Waals surface area contributed by atoms with Crippen molar-refractivity contribution >= 4 is 11.3 Å². The number of rotatable bonds is 5. The van der Waals surface area contributed by atoms with Gasteiger partial charge in [-0.25, -0.2) is 0 Å². The fourth-order valence-electron chi connectivity index (χ4n) is 6.48. The molecule has 1 aromatic carbocycles. The lowest BCUT2D eigenvalue weighted by molar-refractivity contribution is -0.921. The van der Waals surface area contributed by atoms with E-state index in [1.165, 1.54) is 33.0 Å². The molecule has 3 aliphatic heterocycles. The van der Waals surface area contributed by atoms with E-state index in [1.807, 2.05) is 0 Å². The van der Waals surface area contributed by atoms with Crippen LogP contribution in [0.5, 0.6) is 0 Å². The highest BCUT2D eigenvalue weighted by Gasteiger charge is 2.39. The van der Waals surface area contributed by atoms with Crippen LogP contribution in [-0.2, 0) is 23.1 Å². The lowest BCUT2D eigenvalue weighted by atomic mass is 9.83. The SMILES string of the molecule is CCCN1C(=CC=C2CCCc3cc4cc(C[NH+]5CCOCC5)c(=O)cc-4oc32)C(C)(C)c2ccccc21. The second-order valence-electron chi connectivity index (χ2n) is 11.5. The Labute approximate surface area is 225 Å². The molecule has 1 fully saturated rings. The first-order chi connectivity index (χ1) is 18.5. The van der Waals surface area contributed by atoms with E-state index in [-0.39, 0.29) is 10.8 Å². The van der Waals surface area contributed by atoms with E-state index in [9.17, 15) is 4.79 Å². The van der Waals surface area contributed by atoms with Gasteiger partial charge in [0.05, 0.1) is 18.8 Å². The number of para-hydroxylation sites is 1. The fraction of sp³-hybridized carbons (Fsp3) is 0.424. The lowest BCUT2D eigenvalue weighted by Crippen LogP contribution is -3.13. The Morgan fingerprint density at radius 3 is 2.68 bits per heavy atom. The predicted molar refractivity (Wildman–Crippen MR) is 153 cm³/mol. The standard InChI is InChI=1S/C33H38N2O3/c1-4-14-35-28-11-6-5-10-27(28)33(2,3)31(35)13-12-23-8-7-9-24-19-25-20-26(22-34-15-17-37-18-16-34)29(36)21-30(25)38-32(23)24/h5-6,10-13,19-21H,4,7-9,14-18,22H2,1-3H3/p+1. The van der Waals surface area contributed by atoms with Gasteiger partial charge in [0, 0.05) is 35.0 Å². The Bertz CT molecular complexity index is 1420. The number of hydrogen-bond acceptors (Lipinski definition) is 4. The van der Waals surface area contributed by atoms with Crippen molar-refractivity contribution < 1.29 is 14.1 Å². The zero-order chi connectivity index (χ0) is 26.3. The third-order valence-corrected chi connectivity index (χ3v) is 8.54. The van der Waals surface area contributed by atoms with Crippen LogP contribution in [0.2, 0.25) is 0 Å². The summed E-state index contributed by atoms with van der Waals surface area (Å²) in [5.41, 5.74) is 8.43. The molecule has 1 aromatic rings. The van der Waals surface area contributed by atoms with Gasteiger partial charge in [-0.2, -0.15) is 0 Å². The van der Waals surface area contributed by atoms with Crippen molar-refractivity contribution in [2.24, 2.45) is 0 Å². The molecular formula is C33H39N2O3+. The molecule has 0 unspecified atom stereocenters. The van der Waals surface area contributed by atoms with E-state index in [1.54, 1.807) is 6.07 Å². The molecular weight excluding hydrogens is 472 g/mol. The zero-order valence-corrected chi connectivity index (χ0v) is 22.9. The summed E-state index contributed by atoms with van der Waals surface area (Å²) < 4.78 is 12.0. The molecule has 5 nitrogen and oxygen atoms in total. The van der Waals surface area contributed by atoms with Crippen LogP contribution in [-0.4, -0.2) is 32.8 Å². The Balaban J connectivity index is 1.36. The number of allylic oxidation sites excluding steroid dienone is 4. The van der Waals surface area contributed by atoms with Crippen LogP contribution in [0.1, 0.15) is 62.5 Å². The summed E-state index contributed by atoms with van der Waals surface area (Å²) in [6, 6.07) is 14.8. The molecule has 6 rings (SSSR count). The summed E-state index contributed by atoms with van der Waals surface area (Å²) in [7, 11) is 0. The fourth-order valence-corrected chi connectivity index (χ4v) is 6.48. The highest BCUT2D eigenvalue weighted by atomic mass is 16.5. The van der Waals surface area contributed by atoms with Crippen LogP contribution in [0.25, 0.3) is 16.9 Å². The Morgan fingerprint density at radius 2 is 1.87 bits per heavy atom. The maximum atomic E-state index is 13.0. The summed E-state index contributed by atoms with van der Waals surface area (Å²) in [4.78, 5) is 16.9. The lowest BCUT2D eigenvalue weighted by Gasteiger charge is -2.27. The second-order valence-corrected chi connectivity index (χ2v) is 11.5. The van der Waals surface area contributed by atoms with Crippen molar-refractivity contribution in [3.63, 3.8) is 0 Å². The van der Waals surface area contributed by atoms with E-state index >= 15 is 0 Å². The van der Waals surface area contributed by atoms with Crippen LogP contribution < -0.4 is 15.2 Å². The van der Waals surface area contributed by atoms with Crippen LogP contribution in [0, 0.1) is 0 Å². The number of morpholine rings is 1. The van der Waals surface area contributed by atoms with Crippen molar-refractivity contribution in [2.75, 3.05) is 37.7 Å². The van der Waals surface area contributed by atoms with Crippen LogP contribution in [0.4, 0.5) is 5.69 Å². The third-order valence-electron chi connectivity index (χ3n) is 8.54. The van der Waals surface area contributed by atoms with Gasteiger partial charge < -0.3 is 19.0 Å².